The zero-order valence-corrected chi connectivity index (χ0v) is 12.5. The molecule has 112 valence electrons. The van der Waals surface area contributed by atoms with E-state index in [9.17, 15) is 4.79 Å². The van der Waals surface area contributed by atoms with Gasteiger partial charge in [-0.1, -0.05) is 30.3 Å². The van der Waals surface area contributed by atoms with Gasteiger partial charge in [-0.25, -0.2) is 0 Å². The third-order valence-corrected chi connectivity index (χ3v) is 2.96. The van der Waals surface area contributed by atoms with Crippen LogP contribution >= 0.6 is 0 Å². The lowest BCUT2D eigenvalue weighted by atomic mass is 10.1. The van der Waals surface area contributed by atoms with E-state index in [4.69, 9.17) is 10.5 Å². The van der Waals surface area contributed by atoms with Crippen LogP contribution in [0.1, 0.15) is 32.3 Å². The van der Waals surface area contributed by atoms with Crippen LogP contribution < -0.4 is 11.1 Å². The molecule has 0 aliphatic heterocycles. The molecule has 1 aromatic rings. The van der Waals surface area contributed by atoms with E-state index in [2.05, 4.69) is 5.32 Å². The van der Waals surface area contributed by atoms with E-state index >= 15 is 0 Å². The van der Waals surface area contributed by atoms with Gasteiger partial charge in [-0.15, -0.1) is 0 Å². The topological polar surface area (TPSA) is 64.3 Å². The molecule has 1 rings (SSSR count). The predicted molar refractivity (Wildman–Crippen MR) is 81.5 cm³/mol. The lowest BCUT2D eigenvalue weighted by Crippen LogP contribution is -2.42. The van der Waals surface area contributed by atoms with E-state index in [1.807, 2.05) is 44.2 Å². The number of carbonyl (C=O) groups is 1. The largest absolute Gasteiger partial charge is 0.379 e. The summed E-state index contributed by atoms with van der Waals surface area (Å²) >= 11 is 0. The Bertz CT molecular complexity index is 379. The average molecular weight is 278 g/mol. The van der Waals surface area contributed by atoms with E-state index in [0.29, 0.717) is 13.0 Å². The van der Waals surface area contributed by atoms with Crippen LogP contribution in [0, 0.1) is 0 Å². The maximum atomic E-state index is 11.8. The van der Waals surface area contributed by atoms with Crippen molar-refractivity contribution in [3.05, 3.63) is 35.9 Å². The Morgan fingerprint density at radius 1 is 1.25 bits per heavy atom. The Morgan fingerprint density at radius 3 is 2.60 bits per heavy atom. The Labute approximate surface area is 121 Å². The number of benzene rings is 1. The second-order valence-corrected chi connectivity index (χ2v) is 5.21. The molecule has 0 bridgehead atoms. The lowest BCUT2D eigenvalue weighted by molar-refractivity contribution is -0.122. The SMILES string of the molecule is CC(C)OCCCCNC(=O)[C@H](N)Cc1ccccc1. The van der Waals surface area contributed by atoms with Gasteiger partial charge in [0.15, 0.2) is 0 Å². The first-order valence-electron chi connectivity index (χ1n) is 7.28. The average Bonchev–Trinajstić information content (AvgIpc) is 2.43. The molecule has 1 amide bonds. The number of ether oxygens (including phenoxy) is 1. The summed E-state index contributed by atoms with van der Waals surface area (Å²) in [6.07, 6.45) is 2.70. The molecular weight excluding hydrogens is 252 g/mol. The van der Waals surface area contributed by atoms with Crippen LogP contribution in [-0.2, 0) is 16.0 Å². The molecule has 1 aromatic carbocycles. The number of nitrogens with one attached hydrogen (secondary N) is 1. The molecule has 0 fully saturated rings. The highest BCUT2D eigenvalue weighted by Gasteiger charge is 2.12. The van der Waals surface area contributed by atoms with Crippen molar-refractivity contribution in [2.45, 2.75) is 45.3 Å². The van der Waals surface area contributed by atoms with Crippen LogP contribution in [0.15, 0.2) is 30.3 Å². The number of amides is 1. The standard InChI is InChI=1S/C16H26N2O2/c1-13(2)20-11-7-6-10-18-16(19)15(17)12-14-8-4-3-5-9-14/h3-5,8-9,13,15H,6-7,10-12,17H2,1-2H3,(H,18,19)/t15-/m1/s1. The molecule has 0 radical (unpaired) electrons. The highest BCUT2D eigenvalue weighted by Crippen LogP contribution is 2.02. The molecule has 1 atom stereocenters. The molecule has 0 heterocycles. The molecule has 0 saturated heterocycles. The molecule has 0 aromatic heterocycles. The van der Waals surface area contributed by atoms with E-state index < -0.39 is 6.04 Å². The predicted octanol–water partition coefficient (Wildman–Crippen LogP) is 1.88. The summed E-state index contributed by atoms with van der Waals surface area (Å²) in [6.45, 7) is 5.43. The second-order valence-electron chi connectivity index (χ2n) is 5.21. The molecule has 0 aliphatic rings. The fourth-order valence-corrected chi connectivity index (χ4v) is 1.85. The molecule has 0 spiro atoms. The monoisotopic (exact) mass is 278 g/mol. The van der Waals surface area contributed by atoms with Crippen molar-refractivity contribution < 1.29 is 9.53 Å². The highest BCUT2D eigenvalue weighted by molar-refractivity contribution is 5.81. The van der Waals surface area contributed by atoms with Gasteiger partial charge in [-0.05, 0) is 38.7 Å². The smallest absolute Gasteiger partial charge is 0.237 e. The van der Waals surface area contributed by atoms with Gasteiger partial charge < -0.3 is 15.8 Å². The third-order valence-electron chi connectivity index (χ3n) is 2.96. The first kappa shape index (κ1) is 16.7. The summed E-state index contributed by atoms with van der Waals surface area (Å²) in [5.41, 5.74) is 6.98. The van der Waals surface area contributed by atoms with Crippen molar-refractivity contribution in [1.82, 2.24) is 5.32 Å². The number of hydrogen-bond acceptors (Lipinski definition) is 3. The van der Waals surface area contributed by atoms with Gasteiger partial charge in [0, 0.05) is 13.2 Å². The minimum absolute atomic E-state index is 0.0846. The van der Waals surface area contributed by atoms with Crippen LogP contribution in [0.4, 0.5) is 0 Å². The normalized spacial score (nSPS) is 12.4. The van der Waals surface area contributed by atoms with Gasteiger partial charge in [0.1, 0.15) is 0 Å². The maximum absolute atomic E-state index is 11.8. The summed E-state index contributed by atoms with van der Waals surface area (Å²) in [6, 6.07) is 9.34. The van der Waals surface area contributed by atoms with Gasteiger partial charge in [-0.3, -0.25) is 4.79 Å². The minimum atomic E-state index is -0.482. The van der Waals surface area contributed by atoms with E-state index in [1.54, 1.807) is 0 Å². The quantitative estimate of drug-likeness (QED) is 0.678. The van der Waals surface area contributed by atoms with Crippen LogP contribution in [0.2, 0.25) is 0 Å². The van der Waals surface area contributed by atoms with Crippen molar-refractivity contribution in [2.24, 2.45) is 5.73 Å². The summed E-state index contributed by atoms with van der Waals surface area (Å²) in [7, 11) is 0. The van der Waals surface area contributed by atoms with Gasteiger partial charge in [-0.2, -0.15) is 0 Å². The fourth-order valence-electron chi connectivity index (χ4n) is 1.85. The molecule has 3 N–H and O–H groups in total. The van der Waals surface area contributed by atoms with Gasteiger partial charge >= 0.3 is 0 Å². The summed E-state index contributed by atoms with van der Waals surface area (Å²) in [4.78, 5) is 11.8. The first-order valence-corrected chi connectivity index (χ1v) is 7.28. The van der Waals surface area contributed by atoms with Crippen molar-refractivity contribution in [3.63, 3.8) is 0 Å². The number of carbonyl (C=O) groups excluding carboxylic acids is 1. The molecular formula is C16H26N2O2. The minimum Gasteiger partial charge on any atom is -0.379 e. The molecule has 4 heteroatoms. The highest BCUT2D eigenvalue weighted by atomic mass is 16.5. The summed E-state index contributed by atoms with van der Waals surface area (Å²) in [5.74, 6) is -0.0846. The summed E-state index contributed by atoms with van der Waals surface area (Å²) in [5, 5.41) is 2.87. The van der Waals surface area contributed by atoms with Crippen LogP contribution in [0.5, 0.6) is 0 Å². The Morgan fingerprint density at radius 2 is 1.95 bits per heavy atom. The van der Waals surface area contributed by atoms with Gasteiger partial charge in [0.25, 0.3) is 0 Å². The number of rotatable bonds is 9. The van der Waals surface area contributed by atoms with Gasteiger partial charge in [0.2, 0.25) is 5.91 Å². The molecule has 4 nitrogen and oxygen atoms in total. The maximum Gasteiger partial charge on any atom is 0.237 e. The number of hydrogen-bond donors (Lipinski definition) is 2. The molecule has 0 aliphatic carbocycles. The number of unbranched alkanes of at least 4 members (excludes halogenated alkanes) is 1. The summed E-state index contributed by atoms with van der Waals surface area (Å²) < 4.78 is 5.44. The Balaban J connectivity index is 2.13. The molecule has 20 heavy (non-hydrogen) atoms. The Hall–Kier alpha value is -1.39. The first-order chi connectivity index (χ1) is 9.59. The van der Waals surface area contributed by atoms with Gasteiger partial charge in [0.05, 0.1) is 12.1 Å². The zero-order chi connectivity index (χ0) is 14.8. The van der Waals surface area contributed by atoms with Crippen molar-refractivity contribution in [1.29, 1.82) is 0 Å². The zero-order valence-electron chi connectivity index (χ0n) is 12.5. The van der Waals surface area contributed by atoms with Crippen LogP contribution in [0.25, 0.3) is 0 Å². The molecule has 0 unspecified atom stereocenters. The fraction of sp³-hybridized carbons (Fsp3) is 0.562. The van der Waals surface area contributed by atoms with Crippen LogP contribution in [-0.4, -0.2) is 31.2 Å². The number of nitrogens with two attached hydrogens (primary N) is 1. The van der Waals surface area contributed by atoms with Crippen molar-refractivity contribution in [3.8, 4) is 0 Å². The second kappa shape index (κ2) is 9.50. The third kappa shape index (κ3) is 7.26. The van der Waals surface area contributed by atoms with E-state index in [1.165, 1.54) is 0 Å². The Kier molecular flexibility index (Phi) is 7.92. The molecule has 0 saturated carbocycles. The van der Waals surface area contributed by atoms with Crippen LogP contribution in [0.3, 0.4) is 0 Å². The van der Waals surface area contributed by atoms with Crippen molar-refractivity contribution >= 4 is 5.91 Å². The van der Waals surface area contributed by atoms with E-state index in [0.717, 1.165) is 25.0 Å². The van der Waals surface area contributed by atoms with Crippen molar-refractivity contribution in [2.75, 3.05) is 13.2 Å². The van der Waals surface area contributed by atoms with E-state index in [-0.39, 0.29) is 12.0 Å². The lowest BCUT2D eigenvalue weighted by Gasteiger charge is -2.12.